The molecule has 0 radical (unpaired) electrons. The molecular formula is C22H25N3O5S. The Hall–Kier alpha value is -3.04. The van der Waals surface area contributed by atoms with Crippen LogP contribution in [0.4, 0.5) is 5.69 Å². The summed E-state index contributed by atoms with van der Waals surface area (Å²) < 4.78 is 26.6. The molecule has 3 rings (SSSR count). The number of sulfonamides is 1. The number of carbonyl (C=O) groups is 1. The molecule has 0 unspecified atom stereocenters. The van der Waals surface area contributed by atoms with Crippen LogP contribution >= 0.6 is 0 Å². The van der Waals surface area contributed by atoms with E-state index >= 15 is 0 Å². The highest BCUT2D eigenvalue weighted by Gasteiger charge is 2.31. The molecule has 1 amide bonds. The summed E-state index contributed by atoms with van der Waals surface area (Å²) in [5.41, 5.74) is 1.47. The van der Waals surface area contributed by atoms with Gasteiger partial charge in [0.25, 0.3) is 5.69 Å². The molecule has 164 valence electrons. The Morgan fingerprint density at radius 1 is 1.16 bits per heavy atom. The quantitative estimate of drug-likeness (QED) is 0.483. The van der Waals surface area contributed by atoms with E-state index in [4.69, 9.17) is 0 Å². The number of benzene rings is 2. The SMILES string of the molecule is CN(Cc1cccc([N+](=O)[O-])c1)C(=O)C1CCN(S(=O)(=O)/C=C/c2ccccc2)CC1. The molecule has 0 aliphatic carbocycles. The van der Waals surface area contributed by atoms with Gasteiger partial charge in [0.15, 0.2) is 0 Å². The average Bonchev–Trinajstić information content (AvgIpc) is 2.78. The number of non-ortho nitro benzene ring substituents is 1. The van der Waals surface area contributed by atoms with E-state index in [1.165, 1.54) is 21.8 Å². The smallest absolute Gasteiger partial charge is 0.269 e. The fourth-order valence-corrected chi connectivity index (χ4v) is 4.82. The van der Waals surface area contributed by atoms with Gasteiger partial charge in [-0.2, -0.15) is 4.31 Å². The van der Waals surface area contributed by atoms with Gasteiger partial charge in [0.2, 0.25) is 15.9 Å². The fourth-order valence-electron chi connectivity index (χ4n) is 3.60. The number of nitrogens with zero attached hydrogens (tertiary/aromatic N) is 3. The monoisotopic (exact) mass is 443 g/mol. The van der Waals surface area contributed by atoms with Crippen molar-refractivity contribution >= 4 is 27.7 Å². The molecule has 2 aromatic carbocycles. The lowest BCUT2D eigenvalue weighted by Crippen LogP contribution is -2.42. The predicted octanol–water partition coefficient (Wildman–Crippen LogP) is 3.27. The average molecular weight is 444 g/mol. The van der Waals surface area contributed by atoms with Crippen molar-refractivity contribution in [2.75, 3.05) is 20.1 Å². The number of piperidine rings is 1. The van der Waals surface area contributed by atoms with E-state index in [2.05, 4.69) is 0 Å². The molecule has 31 heavy (non-hydrogen) atoms. The Kier molecular flexibility index (Phi) is 7.19. The minimum atomic E-state index is -3.55. The lowest BCUT2D eigenvalue weighted by atomic mass is 9.96. The van der Waals surface area contributed by atoms with Crippen LogP contribution in [-0.4, -0.2) is 48.6 Å². The zero-order valence-corrected chi connectivity index (χ0v) is 18.1. The fraction of sp³-hybridized carbons (Fsp3) is 0.318. The summed E-state index contributed by atoms with van der Waals surface area (Å²) in [5, 5.41) is 12.1. The van der Waals surface area contributed by atoms with Gasteiger partial charge >= 0.3 is 0 Å². The van der Waals surface area contributed by atoms with Gasteiger partial charge in [0.1, 0.15) is 0 Å². The molecular weight excluding hydrogens is 418 g/mol. The van der Waals surface area contributed by atoms with Crippen LogP contribution < -0.4 is 0 Å². The summed E-state index contributed by atoms with van der Waals surface area (Å²) in [6.07, 6.45) is 2.45. The summed E-state index contributed by atoms with van der Waals surface area (Å²) in [7, 11) is -1.89. The summed E-state index contributed by atoms with van der Waals surface area (Å²) >= 11 is 0. The van der Waals surface area contributed by atoms with Gasteiger partial charge in [0, 0.05) is 50.1 Å². The first-order valence-corrected chi connectivity index (χ1v) is 11.5. The molecule has 1 aliphatic heterocycles. The van der Waals surface area contributed by atoms with E-state index in [1.54, 1.807) is 30.2 Å². The van der Waals surface area contributed by atoms with Crippen LogP contribution in [0.25, 0.3) is 6.08 Å². The first-order chi connectivity index (χ1) is 14.8. The van der Waals surface area contributed by atoms with Crippen molar-refractivity contribution in [2.24, 2.45) is 5.92 Å². The molecule has 0 aromatic heterocycles. The van der Waals surface area contributed by atoms with Crippen molar-refractivity contribution in [1.82, 2.24) is 9.21 Å². The summed E-state index contributed by atoms with van der Waals surface area (Å²) in [4.78, 5) is 24.8. The van der Waals surface area contributed by atoms with E-state index in [0.717, 1.165) is 5.56 Å². The number of hydrogen-bond acceptors (Lipinski definition) is 5. The van der Waals surface area contributed by atoms with Crippen LogP contribution in [0, 0.1) is 16.0 Å². The first-order valence-electron chi connectivity index (χ1n) is 9.98. The number of rotatable bonds is 7. The van der Waals surface area contributed by atoms with Crippen molar-refractivity contribution in [2.45, 2.75) is 19.4 Å². The summed E-state index contributed by atoms with van der Waals surface area (Å²) in [6, 6.07) is 15.4. The third kappa shape index (κ3) is 5.99. The van der Waals surface area contributed by atoms with E-state index < -0.39 is 14.9 Å². The molecule has 1 aliphatic rings. The lowest BCUT2D eigenvalue weighted by Gasteiger charge is -2.32. The van der Waals surface area contributed by atoms with E-state index in [0.29, 0.717) is 18.4 Å². The zero-order valence-electron chi connectivity index (χ0n) is 17.3. The topological polar surface area (TPSA) is 101 Å². The number of amides is 1. The number of hydrogen-bond donors (Lipinski definition) is 0. The second-order valence-electron chi connectivity index (χ2n) is 7.55. The van der Waals surface area contributed by atoms with Gasteiger partial charge in [-0.15, -0.1) is 0 Å². The molecule has 0 bridgehead atoms. The van der Waals surface area contributed by atoms with E-state index in [1.807, 2.05) is 30.3 Å². The summed E-state index contributed by atoms with van der Waals surface area (Å²) in [5.74, 6) is -0.350. The van der Waals surface area contributed by atoms with Crippen LogP contribution in [0.1, 0.15) is 24.0 Å². The van der Waals surface area contributed by atoms with Gasteiger partial charge in [-0.05, 0) is 30.0 Å². The van der Waals surface area contributed by atoms with Crippen LogP contribution in [-0.2, 0) is 21.4 Å². The minimum Gasteiger partial charge on any atom is -0.341 e. The Morgan fingerprint density at radius 2 is 1.84 bits per heavy atom. The Bertz CT molecular complexity index is 1060. The molecule has 1 saturated heterocycles. The predicted molar refractivity (Wildman–Crippen MR) is 118 cm³/mol. The van der Waals surface area contributed by atoms with Gasteiger partial charge in [-0.3, -0.25) is 14.9 Å². The highest BCUT2D eigenvalue weighted by Crippen LogP contribution is 2.23. The van der Waals surface area contributed by atoms with Crippen molar-refractivity contribution in [3.63, 3.8) is 0 Å². The normalized spacial score (nSPS) is 15.8. The van der Waals surface area contributed by atoms with Crippen LogP contribution in [0.3, 0.4) is 0 Å². The molecule has 8 nitrogen and oxygen atoms in total. The lowest BCUT2D eigenvalue weighted by molar-refractivity contribution is -0.384. The minimum absolute atomic E-state index is 0.0135. The number of nitro benzene ring substituents is 1. The molecule has 2 aromatic rings. The summed E-state index contributed by atoms with van der Waals surface area (Å²) in [6.45, 7) is 0.823. The van der Waals surface area contributed by atoms with Crippen LogP contribution in [0.2, 0.25) is 0 Å². The van der Waals surface area contributed by atoms with Crippen molar-refractivity contribution < 1.29 is 18.1 Å². The zero-order chi connectivity index (χ0) is 22.4. The molecule has 0 atom stereocenters. The molecule has 9 heteroatoms. The van der Waals surface area contributed by atoms with Gasteiger partial charge < -0.3 is 4.90 Å². The second-order valence-corrected chi connectivity index (χ2v) is 9.37. The van der Waals surface area contributed by atoms with Gasteiger partial charge in [0.05, 0.1) is 4.92 Å². The van der Waals surface area contributed by atoms with Crippen LogP contribution in [0.5, 0.6) is 0 Å². The van der Waals surface area contributed by atoms with E-state index in [9.17, 15) is 23.3 Å². The first kappa shape index (κ1) is 22.6. The Balaban J connectivity index is 1.56. The standard InChI is InChI=1S/C22H25N3O5S/c1-23(17-19-8-5-9-21(16-19)25(27)28)22(26)20-10-13-24(14-11-20)31(29,30)15-12-18-6-3-2-4-7-18/h2-9,12,15-16,20H,10-11,13-14,17H2,1H3/b15-12+. The highest BCUT2D eigenvalue weighted by atomic mass is 32.2. The van der Waals surface area contributed by atoms with Gasteiger partial charge in [-0.1, -0.05) is 42.5 Å². The number of carbonyl (C=O) groups excluding carboxylic acids is 1. The molecule has 0 N–H and O–H groups in total. The third-order valence-electron chi connectivity index (χ3n) is 5.31. The highest BCUT2D eigenvalue weighted by molar-refractivity contribution is 7.92. The largest absolute Gasteiger partial charge is 0.341 e. The maximum Gasteiger partial charge on any atom is 0.269 e. The van der Waals surface area contributed by atoms with Crippen LogP contribution in [0.15, 0.2) is 60.0 Å². The maximum absolute atomic E-state index is 12.8. The Morgan fingerprint density at radius 3 is 2.48 bits per heavy atom. The molecule has 1 heterocycles. The molecule has 0 spiro atoms. The van der Waals surface area contributed by atoms with Crippen molar-refractivity contribution in [3.05, 3.63) is 81.2 Å². The third-order valence-corrected chi connectivity index (χ3v) is 6.88. The van der Waals surface area contributed by atoms with E-state index in [-0.39, 0.29) is 37.1 Å². The Labute approximate surface area is 182 Å². The van der Waals surface area contributed by atoms with Gasteiger partial charge in [-0.25, -0.2) is 8.42 Å². The number of nitro groups is 1. The second kappa shape index (κ2) is 9.84. The maximum atomic E-state index is 12.8. The molecule has 1 fully saturated rings. The molecule has 0 saturated carbocycles. The van der Waals surface area contributed by atoms with Crippen molar-refractivity contribution in [1.29, 1.82) is 0 Å². The van der Waals surface area contributed by atoms with Crippen molar-refractivity contribution in [3.8, 4) is 0 Å².